The largest absolute Gasteiger partial charge is 0.510 e. The maximum atomic E-state index is 13.3. The van der Waals surface area contributed by atoms with Gasteiger partial charge in [-0.15, -0.1) is 0 Å². The van der Waals surface area contributed by atoms with E-state index in [4.69, 9.17) is 40.6 Å². The molecular formula is C22H29ClN5O8P. The maximum Gasteiger partial charge on any atom is 0.510 e. The first-order valence-electron chi connectivity index (χ1n) is 11.3. The van der Waals surface area contributed by atoms with Gasteiger partial charge in [-0.1, -0.05) is 37.6 Å². The average Bonchev–Trinajstić information content (AvgIpc) is 3.23. The van der Waals surface area contributed by atoms with Crippen molar-refractivity contribution in [1.29, 1.82) is 0 Å². The van der Waals surface area contributed by atoms with Crippen molar-refractivity contribution in [3.05, 3.63) is 51.5 Å². The lowest BCUT2D eigenvalue weighted by molar-refractivity contribution is -0.0269. The molecule has 3 rings (SSSR count). The number of nitrogens with two attached hydrogens (primary N) is 1. The molecule has 0 radical (unpaired) electrons. The molecule has 2 unspecified atom stereocenters. The van der Waals surface area contributed by atoms with Gasteiger partial charge in [0, 0.05) is 11.6 Å². The molecule has 0 fully saturated rings. The minimum atomic E-state index is -3.89. The first kappa shape index (κ1) is 28.6. The molecule has 3 aromatic rings. The highest BCUT2D eigenvalue weighted by atomic mass is 35.5. The molecule has 3 N–H and O–H groups in total. The van der Waals surface area contributed by atoms with Gasteiger partial charge in [0.2, 0.25) is 12.7 Å². The van der Waals surface area contributed by atoms with Gasteiger partial charge in [-0.3, -0.25) is 18.9 Å². The third kappa shape index (κ3) is 8.54. The van der Waals surface area contributed by atoms with Crippen molar-refractivity contribution >= 4 is 42.5 Å². The molecule has 0 aliphatic rings. The lowest BCUT2D eigenvalue weighted by Crippen LogP contribution is -2.21. The number of fused-ring (bicyclic) bond motifs is 1. The van der Waals surface area contributed by atoms with Crippen molar-refractivity contribution in [1.82, 2.24) is 19.5 Å². The van der Waals surface area contributed by atoms with Crippen LogP contribution in [0.4, 0.5) is 10.7 Å². The number of nitrogen functional groups attached to an aromatic ring is 1. The third-order valence-electron chi connectivity index (χ3n) is 5.18. The minimum absolute atomic E-state index is 0.0442. The molecule has 2 aromatic heterocycles. The molecule has 0 aliphatic carbocycles. The second-order valence-electron chi connectivity index (χ2n) is 8.32. The topological polar surface area (TPSA) is 170 Å². The Bertz CT molecular complexity index is 1310. The number of carbonyl (C=O) groups excluding carboxylic acids is 1. The molecule has 0 spiro atoms. The predicted molar refractivity (Wildman–Crippen MR) is 135 cm³/mol. The van der Waals surface area contributed by atoms with Crippen LogP contribution in [0.15, 0.2) is 35.4 Å². The second-order valence-corrected chi connectivity index (χ2v) is 10.8. The number of hydrogen-bond donors (Lipinski definition) is 2. The first-order valence-corrected chi connectivity index (χ1v) is 13.4. The number of rotatable bonds is 13. The Labute approximate surface area is 217 Å². The fourth-order valence-electron chi connectivity index (χ4n) is 2.86. The summed E-state index contributed by atoms with van der Waals surface area (Å²) in [5.41, 5.74) is 6.20. The number of hydrogen-bond acceptors (Lipinski definition) is 11. The van der Waals surface area contributed by atoms with Gasteiger partial charge >= 0.3 is 13.8 Å². The molecule has 0 saturated carbocycles. The number of nitrogens with zero attached hydrogens (tertiary/aromatic N) is 3. The zero-order valence-electron chi connectivity index (χ0n) is 20.6. The summed E-state index contributed by atoms with van der Waals surface area (Å²) in [5.74, 6) is 0.0421. The average molecular weight is 558 g/mol. The number of carbonyl (C=O) groups is 1. The van der Waals surface area contributed by atoms with Crippen LogP contribution in [0.2, 0.25) is 5.02 Å². The number of aromatic amines is 1. The van der Waals surface area contributed by atoms with E-state index in [9.17, 15) is 14.2 Å². The van der Waals surface area contributed by atoms with Crippen molar-refractivity contribution in [2.24, 2.45) is 5.92 Å². The molecule has 2 atom stereocenters. The molecule has 37 heavy (non-hydrogen) atoms. The zero-order chi connectivity index (χ0) is 27.0. The summed E-state index contributed by atoms with van der Waals surface area (Å²) in [7, 11) is -3.89. The second kappa shape index (κ2) is 13.0. The summed E-state index contributed by atoms with van der Waals surface area (Å²) in [6.07, 6.45) is -0.366. The summed E-state index contributed by atoms with van der Waals surface area (Å²) in [5, 5.41) is 0.485. The number of anilines is 1. The van der Waals surface area contributed by atoms with Gasteiger partial charge in [-0.25, -0.2) is 9.78 Å². The van der Waals surface area contributed by atoms with Crippen LogP contribution >= 0.6 is 19.2 Å². The van der Waals surface area contributed by atoms with Crippen molar-refractivity contribution in [2.45, 2.75) is 40.0 Å². The standard InChI is InChI=1S/C22H29ClN5O8P/c1-14(2)15(3)36-22(30)33-12-35-37(31,34-10-16-5-4-6-17(23)9-16)13-32-8-7-28-11-25-18-19(28)26-21(24)27-20(18)29/h4-6,9,11,14-15H,7-8,10,12-13H2,1-3H3,(H3,24,26,27,29). The molecule has 0 amide bonds. The summed E-state index contributed by atoms with van der Waals surface area (Å²) in [6.45, 7) is 5.01. The fourth-order valence-corrected chi connectivity index (χ4v) is 4.21. The molecule has 202 valence electrons. The van der Waals surface area contributed by atoms with E-state index in [1.807, 2.05) is 13.8 Å². The molecule has 0 aliphatic heterocycles. The van der Waals surface area contributed by atoms with Gasteiger partial charge in [0.25, 0.3) is 5.56 Å². The van der Waals surface area contributed by atoms with Crippen molar-refractivity contribution in [2.75, 3.05) is 25.5 Å². The van der Waals surface area contributed by atoms with E-state index < -0.39 is 32.5 Å². The minimum Gasteiger partial charge on any atom is -0.431 e. The number of imidazole rings is 1. The molecule has 0 bridgehead atoms. The van der Waals surface area contributed by atoms with E-state index in [1.165, 1.54) is 6.33 Å². The molecule has 2 heterocycles. The van der Waals surface area contributed by atoms with Gasteiger partial charge in [0.05, 0.1) is 19.5 Å². The van der Waals surface area contributed by atoms with E-state index >= 15 is 0 Å². The normalized spacial score (nSPS) is 14.0. The van der Waals surface area contributed by atoms with Crippen LogP contribution in [0.5, 0.6) is 0 Å². The van der Waals surface area contributed by atoms with E-state index in [2.05, 4.69) is 15.0 Å². The summed E-state index contributed by atoms with van der Waals surface area (Å²) in [4.78, 5) is 34.2. The SMILES string of the molecule is CC(C)C(C)OC(=O)OCOP(=O)(COCCn1cnc2c(=O)[nH]c(N)nc21)OCc1cccc(Cl)c1. The van der Waals surface area contributed by atoms with E-state index in [-0.39, 0.29) is 48.9 Å². The summed E-state index contributed by atoms with van der Waals surface area (Å²) < 4.78 is 41.2. The van der Waals surface area contributed by atoms with Gasteiger partial charge in [0.15, 0.2) is 11.2 Å². The molecular weight excluding hydrogens is 529 g/mol. The van der Waals surface area contributed by atoms with Crippen LogP contribution in [-0.4, -0.2) is 51.5 Å². The number of halogens is 1. The van der Waals surface area contributed by atoms with Crippen molar-refractivity contribution in [3.63, 3.8) is 0 Å². The summed E-state index contributed by atoms with van der Waals surface area (Å²) >= 11 is 6.00. The van der Waals surface area contributed by atoms with E-state index in [1.54, 1.807) is 35.8 Å². The zero-order valence-corrected chi connectivity index (χ0v) is 22.2. The smallest absolute Gasteiger partial charge is 0.431 e. The number of aromatic nitrogens is 4. The lowest BCUT2D eigenvalue weighted by Gasteiger charge is -2.20. The number of benzene rings is 1. The van der Waals surface area contributed by atoms with Crippen LogP contribution in [-0.2, 0) is 41.0 Å². The Morgan fingerprint density at radius 1 is 1.27 bits per heavy atom. The van der Waals surface area contributed by atoms with E-state index in [0.29, 0.717) is 10.6 Å². The maximum absolute atomic E-state index is 13.3. The monoisotopic (exact) mass is 557 g/mol. The van der Waals surface area contributed by atoms with Crippen LogP contribution in [0.1, 0.15) is 26.3 Å². The molecule has 1 aromatic carbocycles. The van der Waals surface area contributed by atoms with Crippen molar-refractivity contribution < 1.29 is 32.6 Å². The number of H-pyrrole nitrogens is 1. The Hall–Kier alpha value is -2.96. The lowest BCUT2D eigenvalue weighted by atomic mass is 10.1. The van der Waals surface area contributed by atoms with Gasteiger partial charge < -0.3 is 29.0 Å². The Morgan fingerprint density at radius 2 is 2.05 bits per heavy atom. The highest BCUT2D eigenvalue weighted by Crippen LogP contribution is 2.49. The van der Waals surface area contributed by atoms with Crippen LogP contribution < -0.4 is 11.3 Å². The quantitative estimate of drug-likeness (QED) is 0.135. The predicted octanol–water partition coefficient (Wildman–Crippen LogP) is 3.91. The molecule has 0 saturated heterocycles. The molecule has 15 heteroatoms. The first-order chi connectivity index (χ1) is 17.6. The number of nitrogens with one attached hydrogen (secondary N) is 1. The van der Waals surface area contributed by atoms with E-state index in [0.717, 1.165) is 0 Å². The van der Waals surface area contributed by atoms with Gasteiger partial charge in [-0.05, 0) is 30.5 Å². The molecule has 13 nitrogen and oxygen atoms in total. The summed E-state index contributed by atoms with van der Waals surface area (Å²) in [6, 6.07) is 6.80. The fraction of sp³-hybridized carbons (Fsp3) is 0.455. The van der Waals surface area contributed by atoms with Gasteiger partial charge in [0.1, 0.15) is 12.5 Å². The van der Waals surface area contributed by atoms with Crippen LogP contribution in [0, 0.1) is 5.92 Å². The van der Waals surface area contributed by atoms with Crippen molar-refractivity contribution in [3.8, 4) is 0 Å². The highest BCUT2D eigenvalue weighted by Gasteiger charge is 2.27. The Kier molecular flexibility index (Phi) is 10.1. The van der Waals surface area contributed by atoms with Crippen LogP contribution in [0.25, 0.3) is 11.2 Å². The third-order valence-corrected chi connectivity index (χ3v) is 6.94. The number of ether oxygens (including phenoxy) is 3. The van der Waals surface area contributed by atoms with Crippen LogP contribution in [0.3, 0.4) is 0 Å². The van der Waals surface area contributed by atoms with Gasteiger partial charge in [-0.2, -0.15) is 4.98 Å². The Balaban J connectivity index is 1.58. The highest BCUT2D eigenvalue weighted by molar-refractivity contribution is 7.53. The Morgan fingerprint density at radius 3 is 2.78 bits per heavy atom.